The third-order valence-electron chi connectivity index (χ3n) is 2.80. The largest absolute Gasteiger partial charge is 0.378 e. The number of benzene rings is 2. The lowest BCUT2D eigenvalue weighted by atomic mass is 10.1. The van der Waals surface area contributed by atoms with Gasteiger partial charge in [0.25, 0.3) is 0 Å². The lowest BCUT2D eigenvalue weighted by Gasteiger charge is -2.17. The maximum atomic E-state index is 13.1. The van der Waals surface area contributed by atoms with Gasteiger partial charge < -0.3 is 5.32 Å². The summed E-state index contributed by atoms with van der Waals surface area (Å²) >= 11 is 9.39. The van der Waals surface area contributed by atoms with E-state index >= 15 is 0 Å². The van der Waals surface area contributed by atoms with Crippen LogP contribution in [0.1, 0.15) is 18.5 Å². The van der Waals surface area contributed by atoms with E-state index in [0.717, 1.165) is 22.2 Å². The van der Waals surface area contributed by atoms with Gasteiger partial charge in [0.1, 0.15) is 0 Å². The van der Waals surface area contributed by atoms with Gasteiger partial charge in [-0.1, -0.05) is 33.6 Å². The highest BCUT2D eigenvalue weighted by atomic mass is 79.9. The molecule has 0 aliphatic carbocycles. The van der Waals surface area contributed by atoms with E-state index in [1.54, 1.807) is 19.1 Å². The SMILES string of the molecule is CC(Nc1cc(F)c(F)c(F)c1)c1ccc(Br)cc1Cl. The predicted octanol–water partition coefficient (Wildman–Crippen LogP) is 5.69. The molecule has 0 bridgehead atoms. The molecule has 0 saturated carbocycles. The minimum Gasteiger partial charge on any atom is -0.378 e. The summed E-state index contributed by atoms with van der Waals surface area (Å²) < 4.78 is 40.0. The average Bonchev–Trinajstić information content (AvgIpc) is 2.35. The Morgan fingerprint density at radius 2 is 1.70 bits per heavy atom. The number of hydrogen-bond acceptors (Lipinski definition) is 1. The van der Waals surface area contributed by atoms with Crippen LogP contribution >= 0.6 is 27.5 Å². The lowest BCUT2D eigenvalue weighted by Crippen LogP contribution is -2.08. The summed E-state index contributed by atoms with van der Waals surface area (Å²) in [5, 5.41) is 3.40. The van der Waals surface area contributed by atoms with Gasteiger partial charge in [-0.15, -0.1) is 0 Å². The van der Waals surface area contributed by atoms with E-state index in [-0.39, 0.29) is 11.7 Å². The van der Waals surface area contributed by atoms with Crippen LogP contribution in [0.4, 0.5) is 18.9 Å². The first-order valence-electron chi connectivity index (χ1n) is 5.74. The van der Waals surface area contributed by atoms with Gasteiger partial charge in [-0.3, -0.25) is 0 Å². The molecular weight excluding hydrogens is 355 g/mol. The van der Waals surface area contributed by atoms with Crippen molar-refractivity contribution in [2.45, 2.75) is 13.0 Å². The topological polar surface area (TPSA) is 12.0 Å². The fourth-order valence-electron chi connectivity index (χ4n) is 1.82. The molecule has 2 aromatic rings. The number of nitrogens with one attached hydrogen (secondary N) is 1. The molecule has 0 saturated heterocycles. The van der Waals surface area contributed by atoms with Gasteiger partial charge in [0, 0.05) is 33.4 Å². The van der Waals surface area contributed by atoms with Gasteiger partial charge in [-0.05, 0) is 24.6 Å². The van der Waals surface area contributed by atoms with E-state index in [1.807, 2.05) is 6.07 Å². The fourth-order valence-corrected chi connectivity index (χ4v) is 2.66. The van der Waals surface area contributed by atoms with Crippen LogP contribution < -0.4 is 5.32 Å². The third kappa shape index (κ3) is 3.27. The molecule has 20 heavy (non-hydrogen) atoms. The first-order valence-corrected chi connectivity index (χ1v) is 6.91. The predicted molar refractivity (Wildman–Crippen MR) is 77.5 cm³/mol. The number of rotatable bonds is 3. The van der Waals surface area contributed by atoms with Crippen LogP contribution in [-0.2, 0) is 0 Å². The van der Waals surface area contributed by atoms with Crippen molar-refractivity contribution < 1.29 is 13.2 Å². The van der Waals surface area contributed by atoms with E-state index in [0.29, 0.717) is 5.02 Å². The Labute approximate surface area is 127 Å². The molecule has 106 valence electrons. The highest BCUT2D eigenvalue weighted by Gasteiger charge is 2.14. The number of anilines is 1. The van der Waals surface area contributed by atoms with Crippen molar-refractivity contribution in [2.24, 2.45) is 0 Å². The molecule has 0 amide bonds. The maximum absolute atomic E-state index is 13.1. The summed E-state index contributed by atoms with van der Waals surface area (Å²) in [6, 6.07) is 6.84. The number of halogens is 5. The molecule has 1 unspecified atom stereocenters. The second-order valence-electron chi connectivity index (χ2n) is 4.29. The van der Waals surface area contributed by atoms with Crippen LogP contribution in [-0.4, -0.2) is 0 Å². The Morgan fingerprint density at radius 1 is 1.10 bits per heavy atom. The van der Waals surface area contributed by atoms with Crippen molar-refractivity contribution in [1.82, 2.24) is 0 Å². The van der Waals surface area contributed by atoms with E-state index in [9.17, 15) is 13.2 Å². The van der Waals surface area contributed by atoms with Gasteiger partial charge in [0.05, 0.1) is 0 Å². The van der Waals surface area contributed by atoms with Crippen molar-refractivity contribution in [3.8, 4) is 0 Å². The Balaban J connectivity index is 2.25. The fraction of sp³-hybridized carbons (Fsp3) is 0.143. The molecule has 1 N–H and O–H groups in total. The van der Waals surface area contributed by atoms with Crippen molar-refractivity contribution in [3.05, 3.63) is 62.8 Å². The summed E-state index contributed by atoms with van der Waals surface area (Å²) in [4.78, 5) is 0. The summed E-state index contributed by atoms with van der Waals surface area (Å²) in [6.07, 6.45) is 0. The van der Waals surface area contributed by atoms with Crippen LogP contribution in [0.2, 0.25) is 5.02 Å². The van der Waals surface area contributed by atoms with Crippen LogP contribution in [0.25, 0.3) is 0 Å². The van der Waals surface area contributed by atoms with Gasteiger partial charge in [-0.25, -0.2) is 13.2 Å². The first-order chi connectivity index (χ1) is 9.38. The quantitative estimate of drug-likeness (QED) is 0.690. The van der Waals surface area contributed by atoms with Crippen LogP contribution in [0, 0.1) is 17.5 Å². The smallest absolute Gasteiger partial charge is 0.194 e. The zero-order chi connectivity index (χ0) is 14.9. The van der Waals surface area contributed by atoms with Crippen molar-refractivity contribution >= 4 is 33.2 Å². The highest BCUT2D eigenvalue weighted by molar-refractivity contribution is 9.10. The lowest BCUT2D eigenvalue weighted by molar-refractivity contribution is 0.447. The van der Waals surface area contributed by atoms with E-state index in [1.165, 1.54) is 0 Å². The minimum absolute atomic E-state index is 0.146. The average molecular weight is 365 g/mol. The van der Waals surface area contributed by atoms with Gasteiger partial charge in [0.2, 0.25) is 0 Å². The summed E-state index contributed by atoms with van der Waals surface area (Å²) in [7, 11) is 0. The van der Waals surface area contributed by atoms with E-state index < -0.39 is 17.5 Å². The Hall–Kier alpha value is -1.20. The molecule has 6 heteroatoms. The molecule has 0 aromatic heterocycles. The third-order valence-corrected chi connectivity index (χ3v) is 3.62. The molecule has 0 aliphatic rings. The van der Waals surface area contributed by atoms with Crippen LogP contribution in [0.3, 0.4) is 0 Å². The van der Waals surface area contributed by atoms with Gasteiger partial charge in [-0.2, -0.15) is 0 Å². The molecule has 0 spiro atoms. The maximum Gasteiger partial charge on any atom is 0.194 e. The summed E-state index contributed by atoms with van der Waals surface area (Å²) in [5.41, 5.74) is 0.910. The van der Waals surface area contributed by atoms with Crippen molar-refractivity contribution in [2.75, 3.05) is 5.32 Å². The second-order valence-corrected chi connectivity index (χ2v) is 5.61. The molecule has 0 aliphatic heterocycles. The Bertz CT molecular complexity index is 625. The standard InChI is InChI=1S/C14H10BrClF3N/c1-7(10-3-2-8(15)4-11(10)16)20-9-5-12(17)14(19)13(18)6-9/h2-7,20H,1H3. The van der Waals surface area contributed by atoms with Crippen LogP contribution in [0.15, 0.2) is 34.8 Å². The van der Waals surface area contributed by atoms with Gasteiger partial charge >= 0.3 is 0 Å². The van der Waals surface area contributed by atoms with E-state index in [2.05, 4.69) is 21.2 Å². The first kappa shape index (κ1) is 15.2. The minimum atomic E-state index is -1.48. The van der Waals surface area contributed by atoms with Crippen molar-refractivity contribution in [1.29, 1.82) is 0 Å². The summed E-state index contributed by atoms with van der Waals surface area (Å²) in [6.45, 7) is 1.79. The molecule has 0 fully saturated rings. The zero-order valence-corrected chi connectivity index (χ0v) is 12.7. The highest BCUT2D eigenvalue weighted by Crippen LogP contribution is 2.29. The summed E-state index contributed by atoms with van der Waals surface area (Å²) in [5.74, 6) is -3.95. The Kier molecular flexibility index (Phi) is 4.60. The molecule has 0 radical (unpaired) electrons. The number of hydrogen-bond donors (Lipinski definition) is 1. The molecule has 1 nitrogen and oxygen atoms in total. The molecular formula is C14H10BrClF3N. The molecule has 2 rings (SSSR count). The molecule has 1 atom stereocenters. The zero-order valence-electron chi connectivity index (χ0n) is 10.4. The van der Waals surface area contributed by atoms with Crippen molar-refractivity contribution in [3.63, 3.8) is 0 Å². The van der Waals surface area contributed by atoms with Crippen LogP contribution in [0.5, 0.6) is 0 Å². The van der Waals surface area contributed by atoms with Gasteiger partial charge in [0.15, 0.2) is 17.5 Å². The monoisotopic (exact) mass is 363 g/mol. The molecule has 2 aromatic carbocycles. The second kappa shape index (κ2) is 6.06. The normalized spacial score (nSPS) is 12.3. The molecule has 0 heterocycles. The van der Waals surface area contributed by atoms with E-state index in [4.69, 9.17) is 11.6 Å². The Morgan fingerprint density at radius 3 is 2.25 bits per heavy atom.